The van der Waals surface area contributed by atoms with E-state index >= 15 is 0 Å². The maximum atomic E-state index is 4.07. The van der Waals surface area contributed by atoms with Gasteiger partial charge in [-0.15, -0.1) is 0 Å². The van der Waals surface area contributed by atoms with E-state index in [1.54, 1.807) is 0 Å². The highest BCUT2D eigenvalue weighted by atomic mass is 15.2. The molecule has 1 N–H and O–H groups in total. The Morgan fingerprint density at radius 3 is 2.78 bits per heavy atom. The molecule has 1 aromatic rings. The number of nitrogens with zero attached hydrogens (tertiary/aromatic N) is 2. The van der Waals surface area contributed by atoms with Crippen LogP contribution in [-0.4, -0.2) is 41.6 Å². The first-order chi connectivity index (χ1) is 8.90. The van der Waals surface area contributed by atoms with Crippen LogP contribution in [0, 0.1) is 0 Å². The average molecular weight is 245 g/mol. The summed E-state index contributed by atoms with van der Waals surface area (Å²) in [6, 6.07) is 5.84. The Morgan fingerprint density at radius 1 is 1.17 bits per heavy atom. The molecule has 3 nitrogen and oxygen atoms in total. The van der Waals surface area contributed by atoms with E-state index in [-0.39, 0.29) is 0 Å². The van der Waals surface area contributed by atoms with Crippen molar-refractivity contribution < 1.29 is 0 Å². The van der Waals surface area contributed by atoms with Crippen LogP contribution in [0.1, 0.15) is 31.2 Å². The number of nitrogens with one attached hydrogen (secondary N) is 1. The molecule has 3 heteroatoms. The van der Waals surface area contributed by atoms with Gasteiger partial charge in [-0.1, -0.05) is 0 Å². The Balaban J connectivity index is 1.44. The topological polar surface area (TPSA) is 28.2 Å². The molecular weight excluding hydrogens is 222 g/mol. The number of piperidine rings is 1. The van der Waals surface area contributed by atoms with Crippen molar-refractivity contribution in [3.8, 4) is 0 Å². The van der Waals surface area contributed by atoms with Crippen LogP contribution in [0.5, 0.6) is 0 Å². The van der Waals surface area contributed by atoms with E-state index in [2.05, 4.69) is 27.3 Å². The minimum absolute atomic E-state index is 0.740. The third-order valence-electron chi connectivity index (χ3n) is 4.02. The predicted octanol–water partition coefficient (Wildman–Crippen LogP) is 1.84. The molecule has 2 aliphatic rings. The van der Waals surface area contributed by atoms with Crippen molar-refractivity contribution in [2.45, 2.75) is 44.2 Å². The smallest absolute Gasteiger partial charge is 0.0270 e. The fraction of sp³-hybridized carbons (Fsp3) is 0.667. The third-order valence-corrected chi connectivity index (χ3v) is 4.02. The zero-order valence-electron chi connectivity index (χ0n) is 11.0. The van der Waals surface area contributed by atoms with Gasteiger partial charge >= 0.3 is 0 Å². The first-order valence-electron chi connectivity index (χ1n) is 7.27. The summed E-state index contributed by atoms with van der Waals surface area (Å²) in [4.78, 5) is 6.68. The van der Waals surface area contributed by atoms with Crippen LogP contribution in [0.2, 0.25) is 0 Å². The summed E-state index contributed by atoms with van der Waals surface area (Å²) in [5, 5.41) is 3.77. The average Bonchev–Trinajstić information content (AvgIpc) is 3.22. The second-order valence-electron chi connectivity index (χ2n) is 5.69. The van der Waals surface area contributed by atoms with E-state index in [9.17, 15) is 0 Å². The van der Waals surface area contributed by atoms with Crippen LogP contribution in [0.3, 0.4) is 0 Å². The number of hydrogen-bond acceptors (Lipinski definition) is 3. The van der Waals surface area contributed by atoms with Gasteiger partial charge in [-0.3, -0.25) is 4.98 Å². The van der Waals surface area contributed by atoms with Gasteiger partial charge < -0.3 is 10.2 Å². The lowest BCUT2D eigenvalue weighted by Gasteiger charge is -2.33. The van der Waals surface area contributed by atoms with Gasteiger partial charge in [0.15, 0.2) is 0 Å². The molecule has 18 heavy (non-hydrogen) atoms. The van der Waals surface area contributed by atoms with Gasteiger partial charge in [-0.05, 0) is 56.3 Å². The zero-order valence-corrected chi connectivity index (χ0v) is 11.0. The largest absolute Gasteiger partial charge is 0.310 e. The molecule has 1 aliphatic heterocycles. The van der Waals surface area contributed by atoms with E-state index in [4.69, 9.17) is 0 Å². The molecule has 0 aromatic carbocycles. The molecule has 98 valence electrons. The molecular formula is C15H23N3. The number of pyridine rings is 1. The van der Waals surface area contributed by atoms with Crippen molar-refractivity contribution >= 4 is 0 Å². The normalized spacial score (nSPS) is 25.2. The van der Waals surface area contributed by atoms with Crippen molar-refractivity contribution in [3.63, 3.8) is 0 Å². The standard InChI is InChI=1S/C15H23N3/c1-2-15(17-14-3-4-14)12-18(10-1)11-7-13-5-8-16-9-6-13/h5-6,8-9,14-15,17H,1-4,7,10-12H2. The van der Waals surface area contributed by atoms with E-state index in [1.807, 2.05) is 12.4 Å². The number of likely N-dealkylation sites (tertiary alicyclic amines) is 1. The SMILES string of the molecule is c1cc(CCN2CCCC(NC3CC3)C2)ccn1. The van der Waals surface area contributed by atoms with Crippen molar-refractivity contribution in [3.05, 3.63) is 30.1 Å². The summed E-state index contributed by atoms with van der Waals surface area (Å²) in [5.41, 5.74) is 1.40. The summed E-state index contributed by atoms with van der Waals surface area (Å²) in [6.45, 7) is 3.70. The van der Waals surface area contributed by atoms with Gasteiger partial charge in [-0.2, -0.15) is 0 Å². The maximum absolute atomic E-state index is 4.07. The minimum Gasteiger partial charge on any atom is -0.310 e. The maximum Gasteiger partial charge on any atom is 0.0270 e. The van der Waals surface area contributed by atoms with Crippen molar-refractivity contribution in [1.82, 2.24) is 15.2 Å². The third kappa shape index (κ3) is 3.53. The lowest BCUT2D eigenvalue weighted by atomic mass is 10.0. The van der Waals surface area contributed by atoms with Crippen molar-refractivity contribution in [1.29, 1.82) is 0 Å². The summed E-state index contributed by atoms with van der Waals surface area (Å²) >= 11 is 0. The van der Waals surface area contributed by atoms with Gasteiger partial charge in [0.2, 0.25) is 0 Å². The first kappa shape index (κ1) is 12.1. The van der Waals surface area contributed by atoms with Crippen LogP contribution in [0.25, 0.3) is 0 Å². The molecule has 1 saturated heterocycles. The molecule has 0 bridgehead atoms. The number of rotatable bonds is 5. The summed E-state index contributed by atoms with van der Waals surface area (Å²) in [7, 11) is 0. The van der Waals surface area contributed by atoms with Crippen LogP contribution < -0.4 is 5.32 Å². The van der Waals surface area contributed by atoms with E-state index < -0.39 is 0 Å². The Bertz CT molecular complexity index is 361. The summed E-state index contributed by atoms with van der Waals surface area (Å²) in [5.74, 6) is 0. The van der Waals surface area contributed by atoms with E-state index in [1.165, 1.54) is 50.9 Å². The second kappa shape index (κ2) is 5.81. The lowest BCUT2D eigenvalue weighted by Crippen LogP contribution is -2.46. The van der Waals surface area contributed by atoms with Crippen LogP contribution in [0.15, 0.2) is 24.5 Å². The lowest BCUT2D eigenvalue weighted by molar-refractivity contribution is 0.191. The highest BCUT2D eigenvalue weighted by molar-refractivity contribution is 5.10. The van der Waals surface area contributed by atoms with Gasteiger partial charge in [0.25, 0.3) is 0 Å². The van der Waals surface area contributed by atoms with Gasteiger partial charge in [-0.25, -0.2) is 0 Å². The van der Waals surface area contributed by atoms with Crippen molar-refractivity contribution in [2.75, 3.05) is 19.6 Å². The zero-order chi connectivity index (χ0) is 12.2. The number of aromatic nitrogens is 1. The summed E-state index contributed by atoms with van der Waals surface area (Å²) in [6.07, 6.45) is 10.4. The van der Waals surface area contributed by atoms with Gasteiger partial charge in [0.1, 0.15) is 0 Å². The molecule has 0 spiro atoms. The Kier molecular flexibility index (Phi) is 3.91. The fourth-order valence-electron chi connectivity index (χ4n) is 2.81. The molecule has 1 aliphatic carbocycles. The molecule has 2 heterocycles. The minimum atomic E-state index is 0.740. The predicted molar refractivity (Wildman–Crippen MR) is 73.6 cm³/mol. The Hall–Kier alpha value is -0.930. The molecule has 1 atom stereocenters. The van der Waals surface area contributed by atoms with Crippen LogP contribution in [0.4, 0.5) is 0 Å². The van der Waals surface area contributed by atoms with Crippen LogP contribution >= 0.6 is 0 Å². The first-order valence-corrected chi connectivity index (χ1v) is 7.27. The quantitative estimate of drug-likeness (QED) is 0.858. The molecule has 1 unspecified atom stereocenters. The Morgan fingerprint density at radius 2 is 2.00 bits per heavy atom. The van der Waals surface area contributed by atoms with E-state index in [0.29, 0.717) is 0 Å². The fourth-order valence-corrected chi connectivity index (χ4v) is 2.81. The highest BCUT2D eigenvalue weighted by Crippen LogP contribution is 2.22. The Labute approximate surface area is 110 Å². The molecule has 0 amide bonds. The van der Waals surface area contributed by atoms with Crippen LogP contribution in [-0.2, 0) is 6.42 Å². The monoisotopic (exact) mass is 245 g/mol. The molecule has 1 saturated carbocycles. The van der Waals surface area contributed by atoms with Gasteiger partial charge in [0, 0.05) is 37.6 Å². The molecule has 3 rings (SSSR count). The van der Waals surface area contributed by atoms with Gasteiger partial charge in [0.05, 0.1) is 0 Å². The summed E-state index contributed by atoms with van der Waals surface area (Å²) < 4.78 is 0. The molecule has 0 radical (unpaired) electrons. The highest BCUT2D eigenvalue weighted by Gasteiger charge is 2.27. The number of hydrogen-bond donors (Lipinski definition) is 1. The van der Waals surface area contributed by atoms with Crippen molar-refractivity contribution in [2.24, 2.45) is 0 Å². The molecule has 1 aromatic heterocycles. The molecule has 2 fully saturated rings. The second-order valence-corrected chi connectivity index (χ2v) is 5.69. The van der Waals surface area contributed by atoms with E-state index in [0.717, 1.165) is 18.5 Å².